The molecule has 0 aliphatic rings. The molecule has 0 fully saturated rings. The molecule has 0 radical (unpaired) electrons. The van der Waals surface area contributed by atoms with Crippen LogP contribution in [0.25, 0.3) is 11.1 Å². The number of methoxy groups -OCH3 is 1. The minimum Gasteiger partial charge on any atom is -0.481 e. The highest BCUT2D eigenvalue weighted by molar-refractivity contribution is 5.81. The first-order valence-corrected chi connectivity index (χ1v) is 5.31. The predicted octanol–water partition coefficient (Wildman–Crippen LogP) is 2.88. The number of aryl methyl sites for hydroxylation is 1. The normalized spacial score (nSPS) is 10.0. The van der Waals surface area contributed by atoms with E-state index in [1.54, 1.807) is 13.3 Å². The summed E-state index contributed by atoms with van der Waals surface area (Å²) in [6, 6.07) is 9.50. The molecule has 1 heterocycles. The zero-order chi connectivity index (χ0) is 12.3. The fraction of sp³-hybridized carbons (Fsp3) is 0.143. The molecule has 0 unspecified atom stereocenters. The van der Waals surface area contributed by atoms with E-state index in [4.69, 9.17) is 4.74 Å². The van der Waals surface area contributed by atoms with E-state index >= 15 is 0 Å². The van der Waals surface area contributed by atoms with Crippen molar-refractivity contribution >= 4 is 6.29 Å². The summed E-state index contributed by atoms with van der Waals surface area (Å²) in [5.41, 5.74) is 3.47. The Kier molecular flexibility index (Phi) is 3.19. The van der Waals surface area contributed by atoms with Crippen molar-refractivity contribution in [2.24, 2.45) is 0 Å². The van der Waals surface area contributed by atoms with Crippen LogP contribution < -0.4 is 4.74 Å². The van der Waals surface area contributed by atoms with Crippen molar-refractivity contribution in [1.82, 2.24) is 4.98 Å². The molecule has 1 aromatic carbocycles. The van der Waals surface area contributed by atoms with Gasteiger partial charge in [-0.3, -0.25) is 4.79 Å². The number of ether oxygens (including phenoxy) is 1. The average molecular weight is 227 g/mol. The van der Waals surface area contributed by atoms with E-state index < -0.39 is 0 Å². The maximum Gasteiger partial charge on any atom is 0.221 e. The molecule has 2 aromatic rings. The molecule has 0 aliphatic heterocycles. The monoisotopic (exact) mass is 227 g/mol. The number of aromatic nitrogens is 1. The molecule has 0 N–H and O–H groups in total. The number of benzene rings is 1. The van der Waals surface area contributed by atoms with Gasteiger partial charge < -0.3 is 4.74 Å². The van der Waals surface area contributed by atoms with E-state index in [1.807, 2.05) is 37.3 Å². The number of rotatable bonds is 3. The summed E-state index contributed by atoms with van der Waals surface area (Å²) in [6.07, 6.45) is 2.54. The third kappa shape index (κ3) is 2.18. The van der Waals surface area contributed by atoms with E-state index in [9.17, 15) is 4.79 Å². The van der Waals surface area contributed by atoms with Crippen molar-refractivity contribution in [2.75, 3.05) is 7.11 Å². The lowest BCUT2D eigenvalue weighted by molar-refractivity contribution is 0.112. The summed E-state index contributed by atoms with van der Waals surface area (Å²) >= 11 is 0. The van der Waals surface area contributed by atoms with Crippen LogP contribution in [0, 0.1) is 6.92 Å². The van der Waals surface area contributed by atoms with Gasteiger partial charge in [0.1, 0.15) is 6.29 Å². The second kappa shape index (κ2) is 4.78. The summed E-state index contributed by atoms with van der Waals surface area (Å²) < 4.78 is 5.20. The lowest BCUT2D eigenvalue weighted by Crippen LogP contribution is -1.92. The summed E-state index contributed by atoms with van der Waals surface area (Å²) in [5, 5.41) is 0. The number of nitrogens with zero attached hydrogens (tertiary/aromatic N) is 1. The molecule has 86 valence electrons. The van der Waals surface area contributed by atoms with Crippen LogP contribution in [0.4, 0.5) is 0 Å². The Morgan fingerprint density at radius 3 is 2.82 bits per heavy atom. The first-order chi connectivity index (χ1) is 8.26. The van der Waals surface area contributed by atoms with Crippen molar-refractivity contribution in [3.05, 3.63) is 47.7 Å². The van der Waals surface area contributed by atoms with Crippen LogP contribution in [0.2, 0.25) is 0 Å². The van der Waals surface area contributed by atoms with Gasteiger partial charge >= 0.3 is 0 Å². The number of pyridine rings is 1. The van der Waals surface area contributed by atoms with Gasteiger partial charge in [0.25, 0.3) is 0 Å². The van der Waals surface area contributed by atoms with Gasteiger partial charge in [-0.1, -0.05) is 12.1 Å². The van der Waals surface area contributed by atoms with Crippen LogP contribution in [-0.4, -0.2) is 18.4 Å². The molecule has 0 saturated carbocycles. The molecule has 0 spiro atoms. The van der Waals surface area contributed by atoms with Crippen LogP contribution in [-0.2, 0) is 0 Å². The molecule has 17 heavy (non-hydrogen) atoms. The maximum atomic E-state index is 10.9. The third-order valence-electron chi connectivity index (χ3n) is 2.68. The third-order valence-corrected chi connectivity index (χ3v) is 2.68. The van der Waals surface area contributed by atoms with Crippen LogP contribution in [0.3, 0.4) is 0 Å². The second-order valence-electron chi connectivity index (χ2n) is 3.75. The SMILES string of the molecule is COc1ncccc1-c1ccc(C)c(C=O)c1. The topological polar surface area (TPSA) is 39.2 Å². The van der Waals surface area contributed by atoms with E-state index in [-0.39, 0.29) is 0 Å². The Morgan fingerprint density at radius 1 is 1.29 bits per heavy atom. The van der Waals surface area contributed by atoms with E-state index in [0.717, 1.165) is 23.0 Å². The van der Waals surface area contributed by atoms with Crippen LogP contribution in [0.1, 0.15) is 15.9 Å². The molecule has 0 atom stereocenters. The minimum atomic E-state index is 0.563. The van der Waals surface area contributed by atoms with Crippen molar-refractivity contribution < 1.29 is 9.53 Å². The van der Waals surface area contributed by atoms with E-state index in [1.165, 1.54) is 0 Å². The van der Waals surface area contributed by atoms with Crippen LogP contribution >= 0.6 is 0 Å². The second-order valence-corrected chi connectivity index (χ2v) is 3.75. The summed E-state index contributed by atoms with van der Waals surface area (Å²) in [6.45, 7) is 1.91. The Balaban J connectivity index is 2.56. The fourth-order valence-corrected chi connectivity index (χ4v) is 1.71. The Hall–Kier alpha value is -2.16. The lowest BCUT2D eigenvalue weighted by atomic mass is 10.0. The average Bonchev–Trinajstić information content (AvgIpc) is 2.39. The smallest absolute Gasteiger partial charge is 0.221 e. The van der Waals surface area contributed by atoms with Gasteiger partial charge in [0.05, 0.1) is 7.11 Å². The largest absolute Gasteiger partial charge is 0.481 e. The standard InChI is InChI=1S/C14H13NO2/c1-10-5-6-11(8-12(10)9-16)13-4-3-7-15-14(13)17-2/h3-9H,1-2H3. The minimum absolute atomic E-state index is 0.563. The highest BCUT2D eigenvalue weighted by Crippen LogP contribution is 2.28. The molecule has 0 bridgehead atoms. The van der Waals surface area contributed by atoms with Crippen LogP contribution in [0.5, 0.6) is 5.88 Å². The molecule has 2 rings (SSSR count). The molecule has 3 nitrogen and oxygen atoms in total. The molecule has 0 aliphatic carbocycles. The number of aldehydes is 1. The quantitative estimate of drug-likeness (QED) is 0.757. The van der Waals surface area contributed by atoms with E-state index in [2.05, 4.69) is 4.98 Å². The van der Waals surface area contributed by atoms with Crippen LogP contribution in [0.15, 0.2) is 36.5 Å². The van der Waals surface area contributed by atoms with Gasteiger partial charge in [0.15, 0.2) is 0 Å². The maximum absolute atomic E-state index is 10.9. The molecular weight excluding hydrogens is 214 g/mol. The molecule has 0 amide bonds. The number of carbonyl (C=O) groups excluding carboxylic acids is 1. The Labute approximate surface area is 100 Å². The number of hydrogen-bond donors (Lipinski definition) is 0. The van der Waals surface area contributed by atoms with Gasteiger partial charge in [-0.05, 0) is 36.2 Å². The van der Waals surface area contributed by atoms with Crippen molar-refractivity contribution in [1.29, 1.82) is 0 Å². The fourth-order valence-electron chi connectivity index (χ4n) is 1.71. The Morgan fingerprint density at radius 2 is 2.12 bits per heavy atom. The van der Waals surface area contributed by atoms with Crippen molar-refractivity contribution in [2.45, 2.75) is 6.92 Å². The van der Waals surface area contributed by atoms with Crippen molar-refractivity contribution in [3.63, 3.8) is 0 Å². The number of hydrogen-bond acceptors (Lipinski definition) is 3. The summed E-state index contributed by atoms with van der Waals surface area (Å²) in [7, 11) is 1.58. The van der Waals surface area contributed by atoms with Gasteiger partial charge in [-0.25, -0.2) is 4.98 Å². The molecule has 0 saturated heterocycles. The highest BCUT2D eigenvalue weighted by atomic mass is 16.5. The molecular formula is C14H13NO2. The first-order valence-electron chi connectivity index (χ1n) is 5.31. The zero-order valence-electron chi connectivity index (χ0n) is 9.81. The van der Waals surface area contributed by atoms with E-state index in [0.29, 0.717) is 11.4 Å². The number of carbonyl (C=O) groups is 1. The summed E-state index contributed by atoms with van der Waals surface area (Å²) in [5.74, 6) is 0.563. The van der Waals surface area contributed by atoms with Crippen molar-refractivity contribution in [3.8, 4) is 17.0 Å². The van der Waals surface area contributed by atoms with Gasteiger partial charge in [0, 0.05) is 17.3 Å². The zero-order valence-corrected chi connectivity index (χ0v) is 9.81. The first kappa shape index (κ1) is 11.3. The summed E-state index contributed by atoms with van der Waals surface area (Å²) in [4.78, 5) is 15.1. The molecule has 1 aromatic heterocycles. The van der Waals surface area contributed by atoms with Gasteiger partial charge in [0.2, 0.25) is 5.88 Å². The lowest BCUT2D eigenvalue weighted by Gasteiger charge is -2.08. The van der Waals surface area contributed by atoms with Gasteiger partial charge in [-0.15, -0.1) is 0 Å². The predicted molar refractivity (Wildman–Crippen MR) is 66.3 cm³/mol. The molecule has 3 heteroatoms. The highest BCUT2D eigenvalue weighted by Gasteiger charge is 2.07. The van der Waals surface area contributed by atoms with Gasteiger partial charge in [-0.2, -0.15) is 0 Å². The Bertz CT molecular complexity index is 550.